The molecule has 0 aromatic heterocycles. The van der Waals surface area contributed by atoms with Gasteiger partial charge in [0.25, 0.3) is 0 Å². The number of likely N-dealkylation sites (tertiary alicyclic amines) is 1. The van der Waals surface area contributed by atoms with E-state index in [0.29, 0.717) is 0 Å². The highest BCUT2D eigenvalue weighted by atomic mass is 15.1. The van der Waals surface area contributed by atoms with Crippen molar-refractivity contribution in [1.82, 2.24) is 4.90 Å². The maximum absolute atomic E-state index is 2.60. The van der Waals surface area contributed by atoms with E-state index < -0.39 is 0 Å². The Hall–Kier alpha value is -1.60. The lowest BCUT2D eigenvalue weighted by atomic mass is 9.77. The first-order chi connectivity index (χ1) is 11.0. The van der Waals surface area contributed by atoms with Crippen LogP contribution in [0.5, 0.6) is 0 Å². The van der Waals surface area contributed by atoms with Gasteiger partial charge in [-0.05, 0) is 54.0 Å². The average Bonchev–Trinajstić information content (AvgIpc) is 2.56. The minimum Gasteiger partial charge on any atom is -0.299 e. The second-order valence-electron chi connectivity index (χ2n) is 7.87. The maximum Gasteiger partial charge on any atom is 0.0233 e. The first kappa shape index (κ1) is 16.3. The van der Waals surface area contributed by atoms with E-state index in [1.165, 1.54) is 37.1 Å². The van der Waals surface area contributed by atoms with E-state index >= 15 is 0 Å². The van der Waals surface area contributed by atoms with Crippen LogP contribution in [0, 0.1) is 0 Å². The highest BCUT2D eigenvalue weighted by Gasteiger charge is 2.25. The van der Waals surface area contributed by atoms with Gasteiger partial charge < -0.3 is 0 Å². The molecule has 0 radical (unpaired) electrons. The molecule has 0 spiro atoms. The van der Waals surface area contributed by atoms with Crippen LogP contribution in [0.25, 0.3) is 0 Å². The smallest absolute Gasteiger partial charge is 0.0233 e. The molecule has 1 heteroatoms. The monoisotopic (exact) mass is 307 g/mol. The van der Waals surface area contributed by atoms with Crippen molar-refractivity contribution in [3.8, 4) is 0 Å². The largest absolute Gasteiger partial charge is 0.299 e. The fourth-order valence-corrected chi connectivity index (χ4v) is 3.78. The molecule has 3 rings (SSSR count). The van der Waals surface area contributed by atoms with Crippen molar-refractivity contribution in [3.05, 3.63) is 71.3 Å². The van der Waals surface area contributed by atoms with Gasteiger partial charge in [-0.25, -0.2) is 0 Å². The van der Waals surface area contributed by atoms with Crippen molar-refractivity contribution < 1.29 is 0 Å². The van der Waals surface area contributed by atoms with Crippen LogP contribution in [0.15, 0.2) is 54.6 Å². The molecule has 122 valence electrons. The zero-order valence-electron chi connectivity index (χ0n) is 14.8. The number of piperidine rings is 1. The van der Waals surface area contributed by atoms with E-state index in [0.717, 1.165) is 12.5 Å². The molecule has 0 aliphatic carbocycles. The minimum atomic E-state index is 0.234. The van der Waals surface area contributed by atoms with Gasteiger partial charge >= 0.3 is 0 Å². The summed E-state index contributed by atoms with van der Waals surface area (Å²) in [7, 11) is 0. The van der Waals surface area contributed by atoms with Crippen molar-refractivity contribution in [2.24, 2.45) is 0 Å². The van der Waals surface area contributed by atoms with Gasteiger partial charge in [0.1, 0.15) is 0 Å². The Morgan fingerprint density at radius 2 is 1.48 bits per heavy atom. The molecule has 1 fully saturated rings. The Labute approximate surface area is 141 Å². The SMILES string of the molecule is CC(C)(C)c1ccccc1C1CCN(Cc2ccccc2)CC1. The number of hydrogen-bond donors (Lipinski definition) is 0. The molecule has 23 heavy (non-hydrogen) atoms. The maximum atomic E-state index is 2.60. The van der Waals surface area contributed by atoms with Crippen LogP contribution in [0.4, 0.5) is 0 Å². The fourth-order valence-electron chi connectivity index (χ4n) is 3.78. The van der Waals surface area contributed by atoms with E-state index in [1.807, 2.05) is 0 Å². The summed E-state index contributed by atoms with van der Waals surface area (Å²) < 4.78 is 0. The molecule has 0 atom stereocenters. The average molecular weight is 307 g/mol. The predicted molar refractivity (Wildman–Crippen MR) is 98.8 cm³/mol. The first-order valence-corrected chi connectivity index (χ1v) is 8.90. The topological polar surface area (TPSA) is 3.24 Å². The third kappa shape index (κ3) is 4.03. The summed E-state index contributed by atoms with van der Waals surface area (Å²) in [5.41, 5.74) is 4.78. The van der Waals surface area contributed by atoms with Gasteiger partial charge in [0, 0.05) is 6.54 Å². The molecule has 1 aliphatic rings. The molecule has 0 amide bonds. The van der Waals surface area contributed by atoms with Crippen molar-refractivity contribution >= 4 is 0 Å². The molecule has 1 heterocycles. The molecule has 2 aromatic carbocycles. The Morgan fingerprint density at radius 3 is 2.13 bits per heavy atom. The highest BCUT2D eigenvalue weighted by molar-refractivity contribution is 5.35. The Balaban J connectivity index is 1.66. The normalized spacial score (nSPS) is 17.3. The Kier molecular flexibility index (Phi) is 4.87. The zero-order valence-corrected chi connectivity index (χ0v) is 14.8. The van der Waals surface area contributed by atoms with Crippen LogP contribution < -0.4 is 0 Å². The van der Waals surface area contributed by atoms with Gasteiger partial charge in [0.05, 0.1) is 0 Å². The molecular weight excluding hydrogens is 278 g/mol. The van der Waals surface area contributed by atoms with Crippen LogP contribution in [0.3, 0.4) is 0 Å². The summed E-state index contributed by atoms with van der Waals surface area (Å²) in [6.45, 7) is 10.5. The number of benzene rings is 2. The van der Waals surface area contributed by atoms with E-state index in [-0.39, 0.29) is 5.41 Å². The fraction of sp³-hybridized carbons (Fsp3) is 0.455. The second-order valence-corrected chi connectivity index (χ2v) is 7.87. The summed E-state index contributed by atoms with van der Waals surface area (Å²) in [4.78, 5) is 2.60. The second kappa shape index (κ2) is 6.88. The molecular formula is C22H29N. The molecule has 0 saturated carbocycles. The number of nitrogens with zero attached hydrogens (tertiary/aromatic N) is 1. The third-order valence-electron chi connectivity index (χ3n) is 5.05. The van der Waals surface area contributed by atoms with Crippen LogP contribution in [0.2, 0.25) is 0 Å². The van der Waals surface area contributed by atoms with Gasteiger partial charge in [-0.3, -0.25) is 4.90 Å². The van der Waals surface area contributed by atoms with Crippen LogP contribution in [0.1, 0.15) is 56.2 Å². The number of hydrogen-bond acceptors (Lipinski definition) is 1. The zero-order chi connectivity index (χ0) is 16.3. The summed E-state index contributed by atoms with van der Waals surface area (Å²) in [6, 6.07) is 19.9. The van der Waals surface area contributed by atoms with E-state index in [1.54, 1.807) is 5.56 Å². The lowest BCUT2D eigenvalue weighted by Gasteiger charge is -2.35. The lowest BCUT2D eigenvalue weighted by molar-refractivity contribution is 0.204. The predicted octanol–water partition coefficient (Wildman–Crippen LogP) is 5.36. The first-order valence-electron chi connectivity index (χ1n) is 8.90. The standard InChI is InChI=1S/C22H29N/c1-22(2,3)21-12-8-7-11-20(21)19-13-15-23(16-14-19)17-18-9-5-4-6-10-18/h4-12,19H,13-17H2,1-3H3. The Morgan fingerprint density at radius 1 is 0.870 bits per heavy atom. The van der Waals surface area contributed by atoms with E-state index in [4.69, 9.17) is 0 Å². The molecule has 1 aliphatic heterocycles. The minimum absolute atomic E-state index is 0.234. The molecule has 0 bridgehead atoms. The van der Waals surface area contributed by atoms with Crippen LogP contribution in [-0.2, 0) is 12.0 Å². The summed E-state index contributed by atoms with van der Waals surface area (Å²) >= 11 is 0. The van der Waals surface area contributed by atoms with Gasteiger partial charge in [-0.1, -0.05) is 75.4 Å². The summed E-state index contributed by atoms with van der Waals surface area (Å²) in [6.07, 6.45) is 2.56. The van der Waals surface area contributed by atoms with Gasteiger partial charge in [-0.15, -0.1) is 0 Å². The van der Waals surface area contributed by atoms with Crippen molar-refractivity contribution in [1.29, 1.82) is 0 Å². The van der Waals surface area contributed by atoms with Crippen LogP contribution in [-0.4, -0.2) is 18.0 Å². The molecule has 1 saturated heterocycles. The summed E-state index contributed by atoms with van der Waals surface area (Å²) in [5, 5.41) is 0. The van der Waals surface area contributed by atoms with Crippen molar-refractivity contribution in [3.63, 3.8) is 0 Å². The van der Waals surface area contributed by atoms with Gasteiger partial charge in [0.2, 0.25) is 0 Å². The quantitative estimate of drug-likeness (QED) is 0.737. The molecule has 1 nitrogen and oxygen atoms in total. The molecule has 0 unspecified atom stereocenters. The van der Waals surface area contributed by atoms with Crippen LogP contribution >= 0.6 is 0 Å². The number of rotatable bonds is 3. The Bertz CT molecular complexity index is 616. The van der Waals surface area contributed by atoms with Gasteiger partial charge in [-0.2, -0.15) is 0 Å². The third-order valence-corrected chi connectivity index (χ3v) is 5.05. The molecule has 0 N–H and O–H groups in total. The van der Waals surface area contributed by atoms with Gasteiger partial charge in [0.15, 0.2) is 0 Å². The van der Waals surface area contributed by atoms with E-state index in [2.05, 4.69) is 80.3 Å². The van der Waals surface area contributed by atoms with Crippen molar-refractivity contribution in [2.75, 3.05) is 13.1 Å². The lowest BCUT2D eigenvalue weighted by Crippen LogP contribution is -2.33. The summed E-state index contributed by atoms with van der Waals surface area (Å²) in [5.74, 6) is 0.720. The van der Waals surface area contributed by atoms with Crippen molar-refractivity contribution in [2.45, 2.75) is 51.5 Å². The molecule has 2 aromatic rings. The van der Waals surface area contributed by atoms with E-state index in [9.17, 15) is 0 Å². The highest BCUT2D eigenvalue weighted by Crippen LogP contribution is 2.35.